The summed E-state index contributed by atoms with van der Waals surface area (Å²) in [5, 5.41) is 4.14. The summed E-state index contributed by atoms with van der Waals surface area (Å²) in [7, 11) is 0. The topological polar surface area (TPSA) is 74.2 Å². The molecular weight excluding hydrogens is 242 g/mol. The van der Waals surface area contributed by atoms with Crippen molar-refractivity contribution in [1.29, 1.82) is 0 Å². The molecule has 2 N–H and O–H groups in total. The number of hydrogen-bond donors (Lipinski definition) is 1. The first-order chi connectivity index (χ1) is 9.25. The van der Waals surface area contributed by atoms with Crippen LogP contribution in [0.15, 0.2) is 4.52 Å². The average molecular weight is 265 g/mol. The van der Waals surface area contributed by atoms with E-state index in [9.17, 15) is 0 Å². The van der Waals surface area contributed by atoms with Crippen LogP contribution in [0.3, 0.4) is 0 Å². The standard InChI is InChI=1S/C14H23N3O2/c15-14(6-2-1-3-7-14)10-12-16-13(17-19-12)11-4-8-18-9-5-11/h11H,1-10,15H2. The summed E-state index contributed by atoms with van der Waals surface area (Å²) in [5.41, 5.74) is 6.30. The normalized spacial score (nSPS) is 24.5. The van der Waals surface area contributed by atoms with Crippen molar-refractivity contribution in [1.82, 2.24) is 10.1 Å². The molecule has 0 unspecified atom stereocenters. The summed E-state index contributed by atoms with van der Waals surface area (Å²) in [6, 6.07) is 0. The van der Waals surface area contributed by atoms with Gasteiger partial charge in [-0.25, -0.2) is 0 Å². The molecule has 2 heterocycles. The van der Waals surface area contributed by atoms with Crippen LogP contribution in [0.2, 0.25) is 0 Å². The first-order valence-corrected chi connectivity index (χ1v) is 7.44. The lowest BCUT2D eigenvalue weighted by Gasteiger charge is -2.31. The quantitative estimate of drug-likeness (QED) is 0.906. The number of nitrogens with zero attached hydrogens (tertiary/aromatic N) is 2. The van der Waals surface area contributed by atoms with Gasteiger partial charge in [-0.15, -0.1) is 0 Å². The molecule has 0 atom stereocenters. The van der Waals surface area contributed by atoms with Crippen LogP contribution in [0.4, 0.5) is 0 Å². The molecule has 5 nitrogen and oxygen atoms in total. The highest BCUT2D eigenvalue weighted by atomic mass is 16.5. The van der Waals surface area contributed by atoms with Crippen LogP contribution in [0.1, 0.15) is 62.6 Å². The van der Waals surface area contributed by atoms with Gasteiger partial charge in [0, 0.05) is 31.1 Å². The maximum Gasteiger partial charge on any atom is 0.228 e. The largest absolute Gasteiger partial charge is 0.381 e. The third-order valence-electron chi connectivity index (χ3n) is 4.42. The lowest BCUT2D eigenvalue weighted by atomic mass is 9.80. The van der Waals surface area contributed by atoms with Gasteiger partial charge in [-0.3, -0.25) is 0 Å². The minimum Gasteiger partial charge on any atom is -0.381 e. The summed E-state index contributed by atoms with van der Waals surface area (Å²) in [4.78, 5) is 4.56. The fourth-order valence-electron chi connectivity index (χ4n) is 3.20. The minimum atomic E-state index is -0.127. The Morgan fingerprint density at radius 1 is 1.16 bits per heavy atom. The molecule has 1 aliphatic carbocycles. The van der Waals surface area contributed by atoms with E-state index >= 15 is 0 Å². The summed E-state index contributed by atoms with van der Waals surface area (Å²) in [5.74, 6) is 1.95. The highest BCUT2D eigenvalue weighted by Crippen LogP contribution is 2.30. The Hall–Kier alpha value is -0.940. The zero-order valence-electron chi connectivity index (χ0n) is 11.4. The van der Waals surface area contributed by atoms with Crippen LogP contribution >= 0.6 is 0 Å². The first kappa shape index (κ1) is 13.1. The molecule has 1 saturated heterocycles. The van der Waals surface area contributed by atoms with Crippen molar-refractivity contribution < 1.29 is 9.26 Å². The zero-order chi connectivity index (χ0) is 13.1. The van der Waals surface area contributed by atoms with Gasteiger partial charge in [-0.2, -0.15) is 4.98 Å². The molecule has 106 valence electrons. The summed E-state index contributed by atoms with van der Waals surface area (Å²) in [6.07, 6.45) is 8.59. The van der Waals surface area contributed by atoms with Crippen molar-refractivity contribution in [2.45, 2.75) is 62.8 Å². The Labute approximate surface area is 113 Å². The van der Waals surface area contributed by atoms with E-state index in [2.05, 4.69) is 10.1 Å². The fourth-order valence-corrected chi connectivity index (χ4v) is 3.20. The van der Waals surface area contributed by atoms with Gasteiger partial charge in [0.15, 0.2) is 5.82 Å². The minimum absolute atomic E-state index is 0.127. The van der Waals surface area contributed by atoms with E-state index in [1.165, 1.54) is 19.3 Å². The number of aromatic nitrogens is 2. The highest BCUT2D eigenvalue weighted by Gasteiger charge is 2.30. The highest BCUT2D eigenvalue weighted by molar-refractivity contribution is 5.01. The van der Waals surface area contributed by atoms with Crippen molar-refractivity contribution in [3.63, 3.8) is 0 Å². The molecule has 1 aromatic heterocycles. The predicted octanol–water partition coefficient (Wildman–Crippen LogP) is 2.17. The number of hydrogen-bond acceptors (Lipinski definition) is 5. The van der Waals surface area contributed by atoms with Crippen molar-refractivity contribution in [3.8, 4) is 0 Å². The SMILES string of the molecule is NC1(Cc2nc(C3CCOCC3)no2)CCCCC1. The molecule has 0 amide bonds. The van der Waals surface area contributed by atoms with Gasteiger partial charge in [0.05, 0.1) is 0 Å². The van der Waals surface area contributed by atoms with Crippen LogP contribution in [-0.4, -0.2) is 28.9 Å². The van der Waals surface area contributed by atoms with Gasteiger partial charge < -0.3 is 15.0 Å². The van der Waals surface area contributed by atoms with Crippen molar-refractivity contribution >= 4 is 0 Å². The van der Waals surface area contributed by atoms with Gasteiger partial charge in [0.2, 0.25) is 5.89 Å². The molecule has 3 rings (SSSR count). The van der Waals surface area contributed by atoms with Crippen LogP contribution in [0.25, 0.3) is 0 Å². The van der Waals surface area contributed by atoms with Gasteiger partial charge in [-0.1, -0.05) is 24.4 Å². The van der Waals surface area contributed by atoms with E-state index in [0.29, 0.717) is 11.8 Å². The van der Waals surface area contributed by atoms with Crippen LogP contribution in [0, 0.1) is 0 Å². The van der Waals surface area contributed by atoms with Gasteiger partial charge >= 0.3 is 0 Å². The van der Waals surface area contributed by atoms with E-state index in [4.69, 9.17) is 15.0 Å². The molecule has 1 saturated carbocycles. The molecule has 2 fully saturated rings. The monoisotopic (exact) mass is 265 g/mol. The zero-order valence-corrected chi connectivity index (χ0v) is 11.4. The van der Waals surface area contributed by atoms with Crippen LogP contribution in [-0.2, 0) is 11.2 Å². The molecule has 0 aromatic carbocycles. The summed E-state index contributed by atoms with van der Waals surface area (Å²) >= 11 is 0. The molecule has 1 aromatic rings. The molecule has 2 aliphatic rings. The molecule has 0 radical (unpaired) electrons. The van der Waals surface area contributed by atoms with Gasteiger partial charge in [0.1, 0.15) is 0 Å². The number of nitrogens with two attached hydrogens (primary N) is 1. The van der Waals surface area contributed by atoms with E-state index in [0.717, 1.165) is 51.1 Å². The molecule has 0 bridgehead atoms. The Kier molecular flexibility index (Phi) is 3.84. The van der Waals surface area contributed by atoms with E-state index in [1.54, 1.807) is 0 Å². The molecule has 1 aliphatic heterocycles. The second kappa shape index (κ2) is 5.59. The maximum atomic E-state index is 6.43. The fraction of sp³-hybridized carbons (Fsp3) is 0.857. The Morgan fingerprint density at radius 3 is 2.63 bits per heavy atom. The van der Waals surface area contributed by atoms with Crippen LogP contribution in [0.5, 0.6) is 0 Å². The Bertz CT molecular complexity index is 407. The van der Waals surface area contributed by atoms with Gasteiger partial charge in [0.25, 0.3) is 0 Å². The summed E-state index contributed by atoms with van der Waals surface area (Å²) in [6.45, 7) is 1.60. The Balaban J connectivity index is 1.63. The maximum absolute atomic E-state index is 6.43. The summed E-state index contributed by atoms with van der Waals surface area (Å²) < 4.78 is 10.8. The third kappa shape index (κ3) is 3.15. The Morgan fingerprint density at radius 2 is 1.89 bits per heavy atom. The van der Waals surface area contributed by atoms with Crippen molar-refractivity contribution in [3.05, 3.63) is 11.7 Å². The van der Waals surface area contributed by atoms with Crippen molar-refractivity contribution in [2.24, 2.45) is 5.73 Å². The molecule has 0 spiro atoms. The van der Waals surface area contributed by atoms with E-state index < -0.39 is 0 Å². The van der Waals surface area contributed by atoms with E-state index in [-0.39, 0.29) is 5.54 Å². The smallest absolute Gasteiger partial charge is 0.228 e. The molecule has 5 heteroatoms. The average Bonchev–Trinajstić information content (AvgIpc) is 2.88. The lowest BCUT2D eigenvalue weighted by molar-refractivity contribution is 0.0830. The second-order valence-electron chi connectivity index (χ2n) is 6.03. The van der Waals surface area contributed by atoms with Crippen LogP contribution < -0.4 is 5.73 Å². The lowest BCUT2D eigenvalue weighted by Crippen LogP contribution is -2.43. The third-order valence-corrected chi connectivity index (χ3v) is 4.42. The number of ether oxygens (including phenoxy) is 1. The van der Waals surface area contributed by atoms with Crippen molar-refractivity contribution in [2.75, 3.05) is 13.2 Å². The predicted molar refractivity (Wildman–Crippen MR) is 70.8 cm³/mol. The number of rotatable bonds is 3. The van der Waals surface area contributed by atoms with E-state index in [1.807, 2.05) is 0 Å². The molecular formula is C14H23N3O2. The second-order valence-corrected chi connectivity index (χ2v) is 6.03. The molecule has 19 heavy (non-hydrogen) atoms. The first-order valence-electron chi connectivity index (χ1n) is 7.44. The van der Waals surface area contributed by atoms with Gasteiger partial charge in [-0.05, 0) is 25.7 Å².